The van der Waals surface area contributed by atoms with E-state index in [2.05, 4.69) is 4.98 Å². The highest BCUT2D eigenvalue weighted by atomic mass is 35.5. The van der Waals surface area contributed by atoms with E-state index in [1.165, 1.54) is 0 Å². The van der Waals surface area contributed by atoms with Crippen LogP contribution in [-0.4, -0.2) is 4.98 Å². The summed E-state index contributed by atoms with van der Waals surface area (Å²) < 4.78 is 5.76. The lowest BCUT2D eigenvalue weighted by atomic mass is 10.2. The SMILES string of the molecule is Cc1cc(CN)cc(Oc2ccc(Cl)cc2C)n1. The molecule has 0 aliphatic rings. The van der Waals surface area contributed by atoms with Gasteiger partial charge in [0.25, 0.3) is 0 Å². The van der Waals surface area contributed by atoms with Crippen LogP contribution in [0.3, 0.4) is 0 Å². The first kappa shape index (κ1) is 12.9. The van der Waals surface area contributed by atoms with Gasteiger partial charge in [-0.1, -0.05) is 11.6 Å². The van der Waals surface area contributed by atoms with E-state index < -0.39 is 0 Å². The maximum atomic E-state index is 5.91. The number of aromatic nitrogens is 1. The van der Waals surface area contributed by atoms with Crippen LogP contribution < -0.4 is 10.5 Å². The van der Waals surface area contributed by atoms with Gasteiger partial charge in [0.1, 0.15) is 5.75 Å². The van der Waals surface area contributed by atoms with Crippen molar-refractivity contribution in [3.63, 3.8) is 0 Å². The highest BCUT2D eigenvalue weighted by molar-refractivity contribution is 6.30. The van der Waals surface area contributed by atoms with Crippen molar-refractivity contribution in [2.75, 3.05) is 0 Å². The highest BCUT2D eigenvalue weighted by Gasteiger charge is 2.05. The summed E-state index contributed by atoms with van der Waals surface area (Å²) in [6, 6.07) is 9.28. The highest BCUT2D eigenvalue weighted by Crippen LogP contribution is 2.26. The van der Waals surface area contributed by atoms with Gasteiger partial charge in [0, 0.05) is 23.3 Å². The van der Waals surface area contributed by atoms with Gasteiger partial charge in [-0.3, -0.25) is 0 Å². The first-order valence-corrected chi connectivity index (χ1v) is 6.08. The fourth-order valence-electron chi connectivity index (χ4n) is 1.72. The van der Waals surface area contributed by atoms with Crippen molar-refractivity contribution in [1.82, 2.24) is 4.98 Å². The molecule has 0 saturated heterocycles. The van der Waals surface area contributed by atoms with E-state index in [9.17, 15) is 0 Å². The van der Waals surface area contributed by atoms with Crippen molar-refractivity contribution >= 4 is 11.6 Å². The second-order valence-electron chi connectivity index (χ2n) is 4.17. The van der Waals surface area contributed by atoms with Gasteiger partial charge >= 0.3 is 0 Å². The lowest BCUT2D eigenvalue weighted by molar-refractivity contribution is 0.457. The molecule has 0 saturated carbocycles. The number of halogens is 1. The largest absolute Gasteiger partial charge is 0.439 e. The van der Waals surface area contributed by atoms with E-state index in [4.69, 9.17) is 22.1 Å². The van der Waals surface area contributed by atoms with Crippen LogP contribution in [0.25, 0.3) is 0 Å². The Kier molecular flexibility index (Phi) is 3.84. The number of rotatable bonds is 3. The van der Waals surface area contributed by atoms with E-state index >= 15 is 0 Å². The van der Waals surface area contributed by atoms with Crippen LogP contribution >= 0.6 is 11.6 Å². The number of aryl methyl sites for hydroxylation is 2. The Morgan fingerprint density at radius 1 is 1.22 bits per heavy atom. The summed E-state index contributed by atoms with van der Waals surface area (Å²) in [6.07, 6.45) is 0. The van der Waals surface area contributed by atoms with Crippen LogP contribution in [0.1, 0.15) is 16.8 Å². The minimum Gasteiger partial charge on any atom is -0.439 e. The van der Waals surface area contributed by atoms with Gasteiger partial charge in [0.2, 0.25) is 5.88 Å². The topological polar surface area (TPSA) is 48.1 Å². The molecule has 0 radical (unpaired) electrons. The third-order valence-corrected chi connectivity index (χ3v) is 2.81. The molecule has 0 unspecified atom stereocenters. The fraction of sp³-hybridized carbons (Fsp3) is 0.214. The van der Waals surface area contributed by atoms with Crippen LogP contribution in [-0.2, 0) is 6.54 Å². The lowest BCUT2D eigenvalue weighted by Crippen LogP contribution is -1.99. The summed E-state index contributed by atoms with van der Waals surface area (Å²) in [5, 5.41) is 0.694. The number of pyridine rings is 1. The third kappa shape index (κ3) is 3.00. The monoisotopic (exact) mass is 262 g/mol. The maximum absolute atomic E-state index is 5.91. The second kappa shape index (κ2) is 5.38. The Balaban J connectivity index is 2.30. The Labute approximate surface area is 112 Å². The first-order chi connectivity index (χ1) is 8.58. The molecule has 0 fully saturated rings. The molecule has 0 spiro atoms. The summed E-state index contributed by atoms with van der Waals surface area (Å²) in [5.41, 5.74) is 8.49. The van der Waals surface area contributed by atoms with Crippen LogP contribution in [0.15, 0.2) is 30.3 Å². The average molecular weight is 263 g/mol. The normalized spacial score (nSPS) is 10.4. The predicted octanol–water partition coefficient (Wildman–Crippen LogP) is 3.60. The van der Waals surface area contributed by atoms with Gasteiger partial charge in [-0.25, -0.2) is 4.98 Å². The number of hydrogen-bond donors (Lipinski definition) is 1. The zero-order chi connectivity index (χ0) is 13.1. The summed E-state index contributed by atoms with van der Waals surface area (Å²) in [7, 11) is 0. The quantitative estimate of drug-likeness (QED) is 0.919. The molecule has 0 aliphatic heterocycles. The molecule has 1 heterocycles. The van der Waals surface area contributed by atoms with Gasteiger partial charge in [0.15, 0.2) is 0 Å². The Bertz CT molecular complexity index is 570. The molecule has 2 N–H and O–H groups in total. The number of benzene rings is 1. The molecule has 94 valence electrons. The van der Waals surface area contributed by atoms with Crippen molar-refractivity contribution in [2.45, 2.75) is 20.4 Å². The van der Waals surface area contributed by atoms with Gasteiger partial charge < -0.3 is 10.5 Å². The third-order valence-electron chi connectivity index (χ3n) is 2.58. The minimum atomic E-state index is 0.472. The molecule has 3 nitrogen and oxygen atoms in total. The summed E-state index contributed by atoms with van der Waals surface area (Å²) >= 11 is 5.91. The molecule has 4 heteroatoms. The van der Waals surface area contributed by atoms with Crippen LogP contribution in [0.5, 0.6) is 11.6 Å². The van der Waals surface area contributed by atoms with E-state index in [-0.39, 0.29) is 0 Å². The molecular formula is C14H15ClN2O. The molecule has 0 atom stereocenters. The molecule has 18 heavy (non-hydrogen) atoms. The van der Waals surface area contributed by atoms with E-state index in [0.29, 0.717) is 17.4 Å². The zero-order valence-corrected chi connectivity index (χ0v) is 11.2. The van der Waals surface area contributed by atoms with Crippen LogP contribution in [0.4, 0.5) is 0 Å². The van der Waals surface area contributed by atoms with Gasteiger partial charge in [-0.15, -0.1) is 0 Å². The summed E-state index contributed by atoms with van der Waals surface area (Å²) in [4.78, 5) is 4.33. The smallest absolute Gasteiger partial charge is 0.219 e. The molecule has 2 aromatic rings. The van der Waals surface area contributed by atoms with Crippen LogP contribution in [0, 0.1) is 13.8 Å². The molecule has 0 bridgehead atoms. The van der Waals surface area contributed by atoms with Gasteiger partial charge in [-0.05, 0) is 49.2 Å². The van der Waals surface area contributed by atoms with E-state index in [1.807, 2.05) is 38.1 Å². The van der Waals surface area contributed by atoms with Crippen LogP contribution in [0.2, 0.25) is 5.02 Å². The molecule has 2 rings (SSSR count). The molecule has 0 amide bonds. The Hall–Kier alpha value is -1.58. The van der Waals surface area contributed by atoms with Crippen molar-refractivity contribution < 1.29 is 4.74 Å². The molecule has 1 aromatic carbocycles. The number of hydrogen-bond acceptors (Lipinski definition) is 3. The second-order valence-corrected chi connectivity index (χ2v) is 4.61. The first-order valence-electron chi connectivity index (χ1n) is 5.70. The standard InChI is InChI=1S/C14H15ClN2O/c1-9-5-12(15)3-4-13(9)18-14-7-11(8-16)6-10(2)17-14/h3-7H,8,16H2,1-2H3. The van der Waals surface area contributed by atoms with Crippen molar-refractivity contribution in [2.24, 2.45) is 5.73 Å². The fourth-order valence-corrected chi connectivity index (χ4v) is 1.94. The van der Waals surface area contributed by atoms with Gasteiger partial charge in [0.05, 0.1) is 0 Å². The van der Waals surface area contributed by atoms with Crippen molar-refractivity contribution in [1.29, 1.82) is 0 Å². The minimum absolute atomic E-state index is 0.472. The van der Waals surface area contributed by atoms with Crippen molar-refractivity contribution in [3.05, 3.63) is 52.2 Å². The Morgan fingerprint density at radius 3 is 2.67 bits per heavy atom. The number of nitrogens with zero attached hydrogens (tertiary/aromatic N) is 1. The number of nitrogens with two attached hydrogens (primary N) is 1. The molecule has 0 aliphatic carbocycles. The number of ether oxygens (including phenoxy) is 1. The predicted molar refractivity (Wildman–Crippen MR) is 73.1 cm³/mol. The van der Waals surface area contributed by atoms with E-state index in [1.54, 1.807) is 6.07 Å². The molecule has 1 aromatic heterocycles. The maximum Gasteiger partial charge on any atom is 0.219 e. The zero-order valence-electron chi connectivity index (χ0n) is 10.4. The average Bonchev–Trinajstić information content (AvgIpc) is 2.32. The Morgan fingerprint density at radius 2 is 2.00 bits per heavy atom. The molecular weight excluding hydrogens is 248 g/mol. The summed E-state index contributed by atoms with van der Waals surface area (Å²) in [5.74, 6) is 1.31. The lowest BCUT2D eigenvalue weighted by Gasteiger charge is -2.10. The van der Waals surface area contributed by atoms with Gasteiger partial charge in [-0.2, -0.15) is 0 Å². The van der Waals surface area contributed by atoms with Crippen molar-refractivity contribution in [3.8, 4) is 11.6 Å². The summed E-state index contributed by atoms with van der Waals surface area (Å²) in [6.45, 7) is 4.33. The van der Waals surface area contributed by atoms with E-state index in [0.717, 1.165) is 22.6 Å².